The van der Waals surface area contributed by atoms with Crippen LogP contribution < -0.4 is 11.5 Å². The van der Waals surface area contributed by atoms with Gasteiger partial charge in [-0.05, 0) is 19.4 Å². The lowest BCUT2D eigenvalue weighted by molar-refractivity contribution is -0.0709. The Bertz CT molecular complexity index is 877. The molecular weight excluding hydrogens is 419 g/mol. The van der Waals surface area contributed by atoms with E-state index in [1.165, 1.54) is 17.2 Å². The molecule has 3 heterocycles. The van der Waals surface area contributed by atoms with Gasteiger partial charge in [-0.2, -0.15) is 0 Å². The zero-order valence-electron chi connectivity index (χ0n) is 16.3. The molecule has 3 rings (SSSR count). The molecule has 4 atom stereocenters. The van der Waals surface area contributed by atoms with Gasteiger partial charge in [-0.3, -0.25) is 9.09 Å². The number of nitrogens with zero attached hydrogens (tertiary/aromatic N) is 4. The first-order valence-corrected chi connectivity index (χ1v) is 11.1. The van der Waals surface area contributed by atoms with E-state index in [1.807, 2.05) is 0 Å². The van der Waals surface area contributed by atoms with Crippen molar-refractivity contribution in [1.82, 2.24) is 19.5 Å². The quantitative estimate of drug-likeness (QED) is 0.223. The highest BCUT2D eigenvalue weighted by molar-refractivity contribution is 7.46. The molecule has 1 fully saturated rings. The number of imidazole rings is 1. The van der Waals surface area contributed by atoms with Crippen molar-refractivity contribution in [2.24, 2.45) is 5.73 Å². The molecule has 2 aromatic rings. The van der Waals surface area contributed by atoms with Gasteiger partial charge in [0.15, 0.2) is 17.7 Å². The summed E-state index contributed by atoms with van der Waals surface area (Å²) in [6.45, 7) is 0.397. The van der Waals surface area contributed by atoms with Gasteiger partial charge in [-0.25, -0.2) is 19.5 Å². The third-order valence-corrected chi connectivity index (χ3v) is 5.31. The predicted molar refractivity (Wildman–Crippen MR) is 105 cm³/mol. The van der Waals surface area contributed by atoms with Crippen LogP contribution in [0, 0.1) is 0 Å². The van der Waals surface area contributed by atoms with Gasteiger partial charge < -0.3 is 35.8 Å². The third kappa shape index (κ3) is 5.31. The molecule has 30 heavy (non-hydrogen) atoms. The standard InChI is InChI=1S/C16H27N6O7P/c17-5-3-1-2-4-6-27-13-12(29-30(24,25)26)10(7-23)28-16(13)22-9-21-11-14(18)19-8-20-15(11)22/h8-10,12-13,16,23H,1-7,17H2,(H2,18,19,20)(H2,24,25,26)/t10-,12-,13-,16-/m1/s1. The molecule has 0 amide bonds. The number of ether oxygens (including phenoxy) is 2. The van der Waals surface area contributed by atoms with Crippen molar-refractivity contribution in [3.05, 3.63) is 12.7 Å². The Hall–Kier alpha value is -1.70. The summed E-state index contributed by atoms with van der Waals surface area (Å²) in [5.41, 5.74) is 12.0. The van der Waals surface area contributed by atoms with E-state index in [0.717, 1.165) is 25.7 Å². The predicted octanol–water partition coefficient (Wildman–Crippen LogP) is -0.320. The SMILES string of the molecule is NCCCCCCO[C@@H]1[C@H](OP(=O)(O)O)[C@@H](CO)O[C@H]1n1cnc2c(N)ncnc21. The fourth-order valence-corrected chi connectivity index (χ4v) is 3.99. The Morgan fingerprint density at radius 2 is 1.93 bits per heavy atom. The van der Waals surface area contributed by atoms with Crippen LogP contribution in [0.15, 0.2) is 12.7 Å². The van der Waals surface area contributed by atoms with Gasteiger partial charge in [0.2, 0.25) is 0 Å². The van der Waals surface area contributed by atoms with E-state index in [1.54, 1.807) is 0 Å². The lowest BCUT2D eigenvalue weighted by Gasteiger charge is -2.25. The van der Waals surface area contributed by atoms with E-state index >= 15 is 0 Å². The zero-order valence-corrected chi connectivity index (χ0v) is 17.2. The van der Waals surface area contributed by atoms with Gasteiger partial charge >= 0.3 is 7.82 Å². The third-order valence-electron chi connectivity index (χ3n) is 4.79. The van der Waals surface area contributed by atoms with Crippen molar-refractivity contribution in [3.63, 3.8) is 0 Å². The zero-order chi connectivity index (χ0) is 21.7. The first-order chi connectivity index (χ1) is 14.4. The Morgan fingerprint density at radius 3 is 2.63 bits per heavy atom. The van der Waals surface area contributed by atoms with Crippen LogP contribution in [0.25, 0.3) is 11.2 Å². The highest BCUT2D eigenvalue weighted by Gasteiger charge is 2.50. The first kappa shape index (κ1) is 23.0. The van der Waals surface area contributed by atoms with Crippen LogP contribution in [0.1, 0.15) is 31.9 Å². The minimum atomic E-state index is -4.87. The number of phosphoric ester groups is 1. The van der Waals surface area contributed by atoms with Crippen molar-refractivity contribution in [2.75, 3.05) is 25.5 Å². The molecule has 1 saturated heterocycles. The molecule has 0 spiro atoms. The van der Waals surface area contributed by atoms with E-state index in [-0.39, 0.29) is 5.82 Å². The lowest BCUT2D eigenvalue weighted by atomic mass is 10.1. The summed E-state index contributed by atoms with van der Waals surface area (Å²) in [5.74, 6) is 0.177. The maximum absolute atomic E-state index is 11.5. The molecule has 14 heteroatoms. The largest absolute Gasteiger partial charge is 0.470 e. The number of hydrogen-bond acceptors (Lipinski definition) is 10. The number of nitrogens with two attached hydrogens (primary N) is 2. The molecular formula is C16H27N6O7P. The van der Waals surface area contributed by atoms with E-state index < -0.39 is 39.0 Å². The minimum Gasteiger partial charge on any atom is -0.394 e. The molecule has 7 N–H and O–H groups in total. The maximum Gasteiger partial charge on any atom is 0.470 e. The van der Waals surface area contributed by atoms with E-state index in [9.17, 15) is 19.5 Å². The van der Waals surface area contributed by atoms with Crippen LogP contribution in [0.4, 0.5) is 5.82 Å². The topological polar surface area (TPSA) is 201 Å². The highest BCUT2D eigenvalue weighted by Crippen LogP contribution is 2.45. The van der Waals surface area contributed by atoms with Crippen molar-refractivity contribution < 1.29 is 33.5 Å². The molecule has 0 radical (unpaired) electrons. The summed E-state index contributed by atoms with van der Waals surface area (Å²) in [7, 11) is -4.87. The second-order valence-electron chi connectivity index (χ2n) is 6.93. The summed E-state index contributed by atoms with van der Waals surface area (Å²) in [4.78, 5) is 30.9. The molecule has 0 aromatic carbocycles. The Kier molecular flexibility index (Phi) is 7.71. The van der Waals surface area contributed by atoms with E-state index in [0.29, 0.717) is 24.3 Å². The molecule has 1 aliphatic heterocycles. The number of rotatable bonds is 11. The molecule has 13 nitrogen and oxygen atoms in total. The van der Waals surface area contributed by atoms with Crippen LogP contribution in [-0.4, -0.2) is 72.5 Å². The fourth-order valence-electron chi connectivity index (χ4n) is 3.42. The first-order valence-electron chi connectivity index (χ1n) is 9.60. The maximum atomic E-state index is 11.5. The van der Waals surface area contributed by atoms with Crippen LogP contribution in [0.5, 0.6) is 0 Å². The van der Waals surface area contributed by atoms with Gasteiger partial charge in [0.05, 0.1) is 12.9 Å². The Balaban J connectivity index is 1.84. The Labute approximate surface area is 172 Å². The number of nitrogen functional groups attached to an aromatic ring is 1. The van der Waals surface area contributed by atoms with Gasteiger partial charge in [0.25, 0.3) is 0 Å². The van der Waals surface area contributed by atoms with Crippen molar-refractivity contribution >= 4 is 24.8 Å². The van der Waals surface area contributed by atoms with Gasteiger partial charge in [0, 0.05) is 6.61 Å². The minimum absolute atomic E-state index is 0.177. The summed E-state index contributed by atoms with van der Waals surface area (Å²) in [6, 6.07) is 0. The van der Waals surface area contributed by atoms with Crippen LogP contribution in [-0.2, 0) is 18.6 Å². The van der Waals surface area contributed by atoms with Crippen LogP contribution in [0.2, 0.25) is 0 Å². The number of aromatic nitrogens is 4. The van der Waals surface area contributed by atoms with Gasteiger partial charge in [-0.1, -0.05) is 12.8 Å². The van der Waals surface area contributed by atoms with Gasteiger partial charge in [0.1, 0.15) is 30.2 Å². The number of aliphatic hydroxyl groups excluding tert-OH is 1. The summed E-state index contributed by atoms with van der Waals surface area (Å²) in [5, 5.41) is 9.70. The van der Waals surface area contributed by atoms with Crippen molar-refractivity contribution in [2.45, 2.75) is 50.2 Å². The smallest absolute Gasteiger partial charge is 0.394 e. The molecule has 0 bridgehead atoms. The van der Waals surface area contributed by atoms with Crippen LogP contribution >= 0.6 is 7.82 Å². The second-order valence-corrected chi connectivity index (χ2v) is 8.12. The number of fused-ring (bicyclic) bond motifs is 1. The average Bonchev–Trinajstić information content (AvgIpc) is 3.26. The Morgan fingerprint density at radius 1 is 1.17 bits per heavy atom. The number of phosphoric acid groups is 1. The lowest BCUT2D eigenvalue weighted by Crippen LogP contribution is -2.37. The molecule has 168 valence electrons. The number of unbranched alkanes of at least 4 members (excludes halogenated alkanes) is 3. The molecule has 1 aliphatic rings. The van der Waals surface area contributed by atoms with Gasteiger partial charge in [-0.15, -0.1) is 0 Å². The normalized spacial score (nSPS) is 24.7. The summed E-state index contributed by atoms with van der Waals surface area (Å²) in [6.07, 6.45) is 2.10. The highest BCUT2D eigenvalue weighted by atomic mass is 31.2. The average molecular weight is 446 g/mol. The number of aliphatic hydroxyl groups is 1. The van der Waals surface area contributed by atoms with Crippen molar-refractivity contribution in [3.8, 4) is 0 Å². The molecule has 0 saturated carbocycles. The van der Waals surface area contributed by atoms with Crippen molar-refractivity contribution in [1.29, 1.82) is 0 Å². The summed E-state index contributed by atoms with van der Waals surface area (Å²) >= 11 is 0. The monoisotopic (exact) mass is 446 g/mol. The number of anilines is 1. The molecule has 0 unspecified atom stereocenters. The van der Waals surface area contributed by atoms with Crippen LogP contribution in [0.3, 0.4) is 0 Å². The number of hydrogen-bond donors (Lipinski definition) is 5. The van der Waals surface area contributed by atoms with E-state index in [4.69, 9.17) is 25.5 Å². The fraction of sp³-hybridized carbons (Fsp3) is 0.688. The molecule has 2 aromatic heterocycles. The van der Waals surface area contributed by atoms with E-state index in [2.05, 4.69) is 15.0 Å². The second kappa shape index (κ2) is 10.1. The summed E-state index contributed by atoms with van der Waals surface area (Å²) < 4.78 is 29.7. The molecule has 0 aliphatic carbocycles.